The maximum Gasteiger partial charge on any atom is 0.153 e. The topological polar surface area (TPSA) is 72.6 Å². The molecule has 7 heteroatoms. The Bertz CT molecular complexity index is 1010. The van der Waals surface area contributed by atoms with Gasteiger partial charge in [0.25, 0.3) is 0 Å². The van der Waals surface area contributed by atoms with Crippen LogP contribution in [0.4, 0.5) is 17.2 Å². The smallest absolute Gasteiger partial charge is 0.153 e. The number of ether oxygens (including phenoxy) is 2. The lowest BCUT2D eigenvalue weighted by molar-refractivity contribution is 0.0323. The van der Waals surface area contributed by atoms with E-state index in [4.69, 9.17) is 26.8 Å². The molecule has 3 N–H and O–H groups in total. The fraction of sp³-hybridized carbons (Fsp3) is 0.318. The van der Waals surface area contributed by atoms with E-state index < -0.39 is 0 Å². The number of morpholine rings is 1. The summed E-state index contributed by atoms with van der Waals surface area (Å²) in [7, 11) is 0. The molecule has 0 atom stereocenters. The van der Waals surface area contributed by atoms with Gasteiger partial charge < -0.3 is 20.5 Å². The Balaban J connectivity index is 1.52. The number of halogens is 1. The van der Waals surface area contributed by atoms with Gasteiger partial charge in [-0.25, -0.2) is 4.98 Å². The predicted octanol–water partition coefficient (Wildman–Crippen LogP) is 4.23. The average Bonchev–Trinajstić information content (AvgIpc) is 2.74. The van der Waals surface area contributed by atoms with Crippen molar-refractivity contribution in [2.45, 2.75) is 6.92 Å². The molecule has 0 spiro atoms. The minimum Gasteiger partial charge on any atom is -0.492 e. The maximum atomic E-state index is 6.47. The van der Waals surface area contributed by atoms with Crippen LogP contribution in [-0.2, 0) is 4.74 Å². The van der Waals surface area contributed by atoms with Gasteiger partial charge in [0.15, 0.2) is 5.82 Å². The summed E-state index contributed by atoms with van der Waals surface area (Å²) in [5.74, 6) is 1.47. The minimum absolute atomic E-state index is 0.625. The second kappa shape index (κ2) is 8.86. The van der Waals surface area contributed by atoms with Crippen molar-refractivity contribution in [3.63, 3.8) is 0 Å². The molecule has 2 aromatic carbocycles. The van der Waals surface area contributed by atoms with E-state index in [1.807, 2.05) is 43.3 Å². The SMILES string of the molecule is Cc1ccnc(Nc2ccc3c(OCCN4CCOCC4)ccc(Cl)c3c2)c1N. The second-order valence-corrected chi connectivity index (χ2v) is 7.53. The number of hydrogen-bond donors (Lipinski definition) is 2. The summed E-state index contributed by atoms with van der Waals surface area (Å²) >= 11 is 6.47. The number of nitrogens with two attached hydrogens (primary N) is 1. The van der Waals surface area contributed by atoms with Gasteiger partial charge in [-0.15, -0.1) is 0 Å². The normalized spacial score (nSPS) is 14.8. The van der Waals surface area contributed by atoms with Crippen LogP contribution >= 0.6 is 11.6 Å². The lowest BCUT2D eigenvalue weighted by Crippen LogP contribution is -2.38. The Morgan fingerprint density at radius 2 is 2.00 bits per heavy atom. The van der Waals surface area contributed by atoms with Gasteiger partial charge in [-0.05, 0) is 48.9 Å². The van der Waals surface area contributed by atoms with Gasteiger partial charge in [0.1, 0.15) is 12.4 Å². The van der Waals surface area contributed by atoms with Crippen molar-refractivity contribution in [1.82, 2.24) is 9.88 Å². The Morgan fingerprint density at radius 1 is 1.17 bits per heavy atom. The van der Waals surface area contributed by atoms with E-state index in [1.165, 1.54) is 0 Å². The molecular formula is C22H25ClN4O2. The molecule has 3 aromatic rings. The first-order chi connectivity index (χ1) is 14.1. The van der Waals surface area contributed by atoms with Crippen LogP contribution in [0.15, 0.2) is 42.6 Å². The zero-order chi connectivity index (χ0) is 20.2. The quantitative estimate of drug-likeness (QED) is 0.631. The molecular weight excluding hydrogens is 388 g/mol. The summed E-state index contributed by atoms with van der Waals surface area (Å²) in [5, 5.41) is 5.86. The molecule has 1 saturated heterocycles. The highest BCUT2D eigenvalue weighted by atomic mass is 35.5. The van der Waals surface area contributed by atoms with E-state index in [-0.39, 0.29) is 0 Å². The third kappa shape index (κ3) is 4.56. The zero-order valence-electron chi connectivity index (χ0n) is 16.5. The van der Waals surface area contributed by atoms with Crippen LogP contribution in [0, 0.1) is 6.92 Å². The van der Waals surface area contributed by atoms with Gasteiger partial charge in [0, 0.05) is 47.3 Å². The summed E-state index contributed by atoms with van der Waals surface area (Å²) in [6.07, 6.45) is 1.74. The Morgan fingerprint density at radius 3 is 2.83 bits per heavy atom. The number of nitrogens with zero attached hydrogens (tertiary/aromatic N) is 2. The first-order valence-corrected chi connectivity index (χ1v) is 10.1. The molecule has 0 aliphatic carbocycles. The van der Waals surface area contributed by atoms with E-state index in [9.17, 15) is 0 Å². The van der Waals surface area contributed by atoms with Crippen molar-refractivity contribution in [3.8, 4) is 5.75 Å². The first-order valence-electron chi connectivity index (χ1n) is 9.75. The van der Waals surface area contributed by atoms with Crippen molar-refractivity contribution < 1.29 is 9.47 Å². The Hall–Kier alpha value is -2.54. The summed E-state index contributed by atoms with van der Waals surface area (Å²) in [6.45, 7) is 6.96. The van der Waals surface area contributed by atoms with Crippen LogP contribution in [0.5, 0.6) is 5.75 Å². The number of nitrogen functional groups attached to an aromatic ring is 1. The largest absolute Gasteiger partial charge is 0.492 e. The highest BCUT2D eigenvalue weighted by Gasteiger charge is 2.12. The predicted molar refractivity (Wildman–Crippen MR) is 118 cm³/mol. The molecule has 4 rings (SSSR count). The molecule has 1 aliphatic rings. The number of hydrogen-bond acceptors (Lipinski definition) is 6. The zero-order valence-corrected chi connectivity index (χ0v) is 17.2. The van der Waals surface area contributed by atoms with Crippen molar-refractivity contribution in [1.29, 1.82) is 0 Å². The van der Waals surface area contributed by atoms with Crippen molar-refractivity contribution in [2.75, 3.05) is 50.5 Å². The summed E-state index contributed by atoms with van der Waals surface area (Å²) in [4.78, 5) is 6.68. The third-order valence-corrected chi connectivity index (χ3v) is 5.49. The van der Waals surface area contributed by atoms with Crippen molar-refractivity contribution in [2.24, 2.45) is 0 Å². The molecule has 0 radical (unpaired) electrons. The van der Waals surface area contributed by atoms with Crippen molar-refractivity contribution >= 4 is 39.6 Å². The van der Waals surface area contributed by atoms with Gasteiger partial charge in [-0.1, -0.05) is 11.6 Å². The van der Waals surface area contributed by atoms with Crippen LogP contribution < -0.4 is 15.8 Å². The van der Waals surface area contributed by atoms with Gasteiger partial charge in [-0.2, -0.15) is 0 Å². The minimum atomic E-state index is 0.625. The molecule has 6 nitrogen and oxygen atoms in total. The standard InChI is InChI=1S/C22H25ClN4O2/c1-15-6-7-25-22(21(15)24)26-16-2-3-17-18(14-16)19(23)4-5-20(17)29-13-10-27-8-11-28-12-9-27/h2-7,14H,8-13,24H2,1H3,(H,25,26). The summed E-state index contributed by atoms with van der Waals surface area (Å²) < 4.78 is 11.5. The maximum absolute atomic E-state index is 6.47. The molecule has 0 bridgehead atoms. The van der Waals surface area contributed by atoms with Crippen LogP contribution in [-0.4, -0.2) is 49.3 Å². The highest BCUT2D eigenvalue weighted by molar-refractivity contribution is 6.35. The number of aryl methyl sites for hydroxylation is 1. The molecule has 1 fully saturated rings. The van der Waals surface area contributed by atoms with Gasteiger partial charge in [-0.3, -0.25) is 4.90 Å². The van der Waals surface area contributed by atoms with Gasteiger partial charge >= 0.3 is 0 Å². The van der Waals surface area contributed by atoms with Gasteiger partial charge in [0.05, 0.1) is 18.9 Å². The number of rotatable bonds is 6. The molecule has 1 aliphatic heterocycles. The molecule has 0 saturated carbocycles. The highest BCUT2D eigenvalue weighted by Crippen LogP contribution is 2.34. The van der Waals surface area contributed by atoms with Crippen LogP contribution in [0.1, 0.15) is 5.56 Å². The van der Waals surface area contributed by atoms with E-state index in [1.54, 1.807) is 6.20 Å². The Kier molecular flexibility index (Phi) is 6.04. The first kappa shape index (κ1) is 19.8. The molecule has 152 valence electrons. The summed E-state index contributed by atoms with van der Waals surface area (Å²) in [5.41, 5.74) is 8.62. The lowest BCUT2D eigenvalue weighted by Gasteiger charge is -2.26. The fourth-order valence-electron chi connectivity index (χ4n) is 3.40. The number of aromatic nitrogens is 1. The van der Waals surface area contributed by atoms with E-state index >= 15 is 0 Å². The number of anilines is 3. The third-order valence-electron chi connectivity index (χ3n) is 5.16. The molecule has 29 heavy (non-hydrogen) atoms. The van der Waals surface area contributed by atoms with Crippen LogP contribution in [0.3, 0.4) is 0 Å². The fourth-order valence-corrected chi connectivity index (χ4v) is 3.62. The molecule has 1 aromatic heterocycles. The van der Waals surface area contributed by atoms with Crippen LogP contribution in [0.2, 0.25) is 5.02 Å². The number of benzene rings is 2. The van der Waals surface area contributed by atoms with E-state index in [0.717, 1.165) is 60.6 Å². The monoisotopic (exact) mass is 412 g/mol. The number of pyridine rings is 1. The van der Waals surface area contributed by atoms with Crippen LogP contribution in [0.25, 0.3) is 10.8 Å². The summed E-state index contributed by atoms with van der Waals surface area (Å²) in [6, 6.07) is 11.7. The van der Waals surface area contributed by atoms with E-state index in [0.29, 0.717) is 23.1 Å². The average molecular weight is 413 g/mol. The Labute approximate surface area is 175 Å². The van der Waals surface area contributed by atoms with E-state index in [2.05, 4.69) is 15.2 Å². The molecule has 0 amide bonds. The number of fused-ring (bicyclic) bond motifs is 1. The molecule has 2 heterocycles. The van der Waals surface area contributed by atoms with Gasteiger partial charge in [0.2, 0.25) is 0 Å². The number of nitrogens with one attached hydrogen (secondary N) is 1. The second-order valence-electron chi connectivity index (χ2n) is 7.12. The van der Waals surface area contributed by atoms with Crippen molar-refractivity contribution in [3.05, 3.63) is 53.2 Å². The lowest BCUT2D eigenvalue weighted by atomic mass is 10.1. The molecule has 0 unspecified atom stereocenters.